The normalized spacial score (nSPS) is 15.2. The van der Waals surface area contributed by atoms with Crippen LogP contribution < -0.4 is 10.1 Å². The molecule has 0 bridgehead atoms. The van der Waals surface area contributed by atoms with Gasteiger partial charge in [0.25, 0.3) is 0 Å². The van der Waals surface area contributed by atoms with Gasteiger partial charge in [0, 0.05) is 22.8 Å². The van der Waals surface area contributed by atoms with E-state index in [1.165, 1.54) is 12.1 Å². The van der Waals surface area contributed by atoms with Crippen molar-refractivity contribution >= 4 is 34.1 Å². The van der Waals surface area contributed by atoms with Crippen LogP contribution in [0, 0.1) is 5.82 Å². The van der Waals surface area contributed by atoms with Crippen LogP contribution >= 0.6 is 11.6 Å². The highest BCUT2D eigenvalue weighted by Crippen LogP contribution is 2.51. The maximum atomic E-state index is 13.4. The molecule has 2 aromatic carbocycles. The Hall–Kier alpha value is -2.53. The molecule has 3 aromatic rings. The van der Waals surface area contributed by atoms with Crippen molar-refractivity contribution in [2.45, 2.75) is 18.3 Å². The number of amides is 1. The molecule has 4 rings (SSSR count). The molecule has 1 heterocycles. The molecular weight excluding hydrogens is 343 g/mol. The van der Waals surface area contributed by atoms with E-state index in [1.807, 2.05) is 0 Å². The molecule has 0 spiro atoms. The number of rotatable bonds is 4. The van der Waals surface area contributed by atoms with Crippen LogP contribution in [0.1, 0.15) is 18.4 Å². The zero-order chi connectivity index (χ0) is 17.6. The molecule has 0 atom stereocenters. The van der Waals surface area contributed by atoms with Crippen LogP contribution in [0.2, 0.25) is 5.02 Å². The van der Waals surface area contributed by atoms with Crippen molar-refractivity contribution in [3.05, 3.63) is 59.0 Å². The highest BCUT2D eigenvalue weighted by atomic mass is 35.5. The minimum atomic E-state index is -0.581. The highest BCUT2D eigenvalue weighted by Gasteiger charge is 2.52. The van der Waals surface area contributed by atoms with Crippen LogP contribution in [0.15, 0.2) is 42.6 Å². The smallest absolute Gasteiger partial charge is 0.235 e. The summed E-state index contributed by atoms with van der Waals surface area (Å²) in [5.74, 6) is 0.168. The number of halogens is 2. The minimum Gasteiger partial charge on any atom is -0.495 e. The third-order valence-electron chi connectivity index (χ3n) is 4.75. The predicted molar refractivity (Wildman–Crippen MR) is 95.8 cm³/mol. The topological polar surface area (TPSA) is 54.1 Å². The number of anilines is 1. The first-order chi connectivity index (χ1) is 12.0. The number of aromatic nitrogens is 1. The molecule has 1 fully saturated rings. The monoisotopic (exact) mass is 358 g/mol. The van der Waals surface area contributed by atoms with Gasteiger partial charge in [-0.2, -0.15) is 0 Å². The van der Waals surface area contributed by atoms with Crippen molar-refractivity contribution in [1.82, 2.24) is 4.98 Å². The number of methoxy groups -OCH3 is 1. The van der Waals surface area contributed by atoms with E-state index >= 15 is 0 Å². The molecule has 0 aliphatic heterocycles. The summed E-state index contributed by atoms with van der Waals surface area (Å²) >= 11 is 6.12. The number of hydrogen-bond donors (Lipinski definition) is 2. The molecule has 1 saturated carbocycles. The van der Waals surface area contributed by atoms with Crippen molar-refractivity contribution in [1.29, 1.82) is 0 Å². The van der Waals surface area contributed by atoms with E-state index in [9.17, 15) is 9.18 Å². The van der Waals surface area contributed by atoms with Gasteiger partial charge in [-0.15, -0.1) is 0 Å². The Labute approximate surface area is 148 Å². The fourth-order valence-corrected chi connectivity index (χ4v) is 3.49. The number of fused-ring (bicyclic) bond motifs is 1. The number of aromatic amines is 1. The fourth-order valence-electron chi connectivity index (χ4n) is 3.23. The molecule has 6 heteroatoms. The van der Waals surface area contributed by atoms with Crippen LogP contribution in [-0.2, 0) is 10.2 Å². The Bertz CT molecular complexity index is 979. The van der Waals surface area contributed by atoms with Crippen molar-refractivity contribution in [2.24, 2.45) is 0 Å². The van der Waals surface area contributed by atoms with Gasteiger partial charge in [-0.25, -0.2) is 4.39 Å². The zero-order valence-electron chi connectivity index (χ0n) is 13.5. The summed E-state index contributed by atoms with van der Waals surface area (Å²) in [7, 11) is 1.54. The molecule has 1 aliphatic rings. The molecule has 25 heavy (non-hydrogen) atoms. The van der Waals surface area contributed by atoms with Gasteiger partial charge < -0.3 is 15.0 Å². The van der Waals surface area contributed by atoms with E-state index in [0.29, 0.717) is 22.0 Å². The summed E-state index contributed by atoms with van der Waals surface area (Å²) in [5.41, 5.74) is 1.64. The molecule has 0 radical (unpaired) electrons. The second kappa shape index (κ2) is 5.77. The summed E-state index contributed by atoms with van der Waals surface area (Å²) in [6.45, 7) is 0. The Morgan fingerprint density at radius 2 is 2.08 bits per heavy atom. The third kappa shape index (κ3) is 2.65. The third-order valence-corrected chi connectivity index (χ3v) is 5.05. The largest absolute Gasteiger partial charge is 0.495 e. The van der Waals surface area contributed by atoms with E-state index < -0.39 is 5.41 Å². The van der Waals surface area contributed by atoms with Crippen LogP contribution in [-0.4, -0.2) is 18.0 Å². The lowest BCUT2D eigenvalue weighted by Crippen LogP contribution is -2.27. The molecule has 1 aliphatic carbocycles. The Morgan fingerprint density at radius 3 is 2.76 bits per heavy atom. The average molecular weight is 359 g/mol. The number of nitrogens with one attached hydrogen (secondary N) is 2. The molecular formula is C19H16ClFN2O2. The van der Waals surface area contributed by atoms with E-state index in [4.69, 9.17) is 16.3 Å². The van der Waals surface area contributed by atoms with Crippen LogP contribution in [0.25, 0.3) is 10.9 Å². The van der Waals surface area contributed by atoms with Gasteiger partial charge in [-0.3, -0.25) is 4.79 Å². The second-order valence-corrected chi connectivity index (χ2v) is 6.69. The SMILES string of the molecule is COc1ccc(NC(=O)C2(c3c[nH]c4cc(F)ccc34)CC2)cc1Cl. The number of benzene rings is 2. The van der Waals surface area contributed by atoms with Crippen molar-refractivity contribution < 1.29 is 13.9 Å². The van der Waals surface area contributed by atoms with Crippen molar-refractivity contribution in [3.63, 3.8) is 0 Å². The number of ether oxygens (including phenoxy) is 1. The first-order valence-electron chi connectivity index (χ1n) is 7.95. The van der Waals surface area contributed by atoms with E-state index in [1.54, 1.807) is 37.6 Å². The lowest BCUT2D eigenvalue weighted by atomic mass is 9.94. The maximum absolute atomic E-state index is 13.4. The lowest BCUT2D eigenvalue weighted by Gasteiger charge is -2.15. The molecule has 128 valence electrons. The standard InChI is InChI=1S/C19H16ClFN2O2/c1-25-17-5-3-12(9-15(17)20)23-18(24)19(6-7-19)14-10-22-16-8-11(21)2-4-13(14)16/h2-5,8-10,22H,6-7H2,1H3,(H,23,24). The van der Waals surface area contributed by atoms with Crippen molar-refractivity contribution in [3.8, 4) is 5.75 Å². The number of hydrogen-bond acceptors (Lipinski definition) is 2. The maximum Gasteiger partial charge on any atom is 0.235 e. The molecule has 0 saturated heterocycles. The summed E-state index contributed by atoms with van der Waals surface area (Å²) in [5, 5.41) is 4.25. The van der Waals surface area contributed by atoms with Gasteiger partial charge in [0.15, 0.2) is 0 Å². The molecule has 2 N–H and O–H groups in total. The Balaban J connectivity index is 1.64. The van der Waals surface area contributed by atoms with Gasteiger partial charge in [0.05, 0.1) is 17.5 Å². The summed E-state index contributed by atoms with van der Waals surface area (Å²) < 4.78 is 18.5. The number of carbonyl (C=O) groups excluding carboxylic acids is 1. The number of H-pyrrole nitrogens is 1. The second-order valence-electron chi connectivity index (χ2n) is 6.28. The first-order valence-corrected chi connectivity index (χ1v) is 8.33. The molecule has 1 amide bonds. The van der Waals surface area contributed by atoms with Crippen LogP contribution in [0.3, 0.4) is 0 Å². The quantitative estimate of drug-likeness (QED) is 0.713. The van der Waals surface area contributed by atoms with E-state index in [-0.39, 0.29) is 11.7 Å². The summed E-state index contributed by atoms with van der Waals surface area (Å²) in [6, 6.07) is 9.70. The van der Waals surface area contributed by atoms with Crippen molar-refractivity contribution in [2.75, 3.05) is 12.4 Å². The van der Waals surface area contributed by atoms with Gasteiger partial charge in [0.1, 0.15) is 11.6 Å². The predicted octanol–water partition coefficient (Wildman–Crippen LogP) is 4.64. The zero-order valence-corrected chi connectivity index (χ0v) is 14.3. The Morgan fingerprint density at radius 1 is 1.28 bits per heavy atom. The van der Waals surface area contributed by atoms with Gasteiger partial charge in [-0.1, -0.05) is 11.6 Å². The highest BCUT2D eigenvalue weighted by molar-refractivity contribution is 6.32. The lowest BCUT2D eigenvalue weighted by molar-refractivity contribution is -0.118. The molecule has 4 nitrogen and oxygen atoms in total. The van der Waals surface area contributed by atoms with Crippen LogP contribution in [0.4, 0.5) is 10.1 Å². The number of carbonyl (C=O) groups is 1. The van der Waals surface area contributed by atoms with E-state index in [2.05, 4.69) is 10.3 Å². The minimum absolute atomic E-state index is 0.0843. The molecule has 1 aromatic heterocycles. The average Bonchev–Trinajstić information content (AvgIpc) is 3.29. The van der Waals surface area contributed by atoms with E-state index in [0.717, 1.165) is 23.8 Å². The molecule has 0 unspecified atom stereocenters. The summed E-state index contributed by atoms with van der Waals surface area (Å²) in [4.78, 5) is 16.0. The summed E-state index contributed by atoms with van der Waals surface area (Å²) in [6.07, 6.45) is 3.32. The Kier molecular flexibility index (Phi) is 3.69. The van der Waals surface area contributed by atoms with Crippen LogP contribution in [0.5, 0.6) is 5.75 Å². The van der Waals surface area contributed by atoms with Gasteiger partial charge >= 0.3 is 0 Å². The fraction of sp³-hybridized carbons (Fsp3) is 0.211. The first kappa shape index (κ1) is 16.0. The van der Waals surface area contributed by atoms with Gasteiger partial charge in [0.2, 0.25) is 5.91 Å². The van der Waals surface area contributed by atoms with Gasteiger partial charge in [-0.05, 0) is 54.8 Å².